The van der Waals surface area contributed by atoms with Crippen LogP contribution >= 0.6 is 50.7 Å². The zero-order valence-corrected chi connectivity index (χ0v) is 14.7. The van der Waals surface area contributed by atoms with Gasteiger partial charge in [-0.25, -0.2) is 0 Å². The van der Waals surface area contributed by atoms with Gasteiger partial charge in [0, 0.05) is 13.1 Å². The number of halogens is 4. The van der Waals surface area contributed by atoms with Crippen LogP contribution in [0.5, 0.6) is 5.75 Å². The summed E-state index contributed by atoms with van der Waals surface area (Å²) in [7, 11) is 1.87. The van der Waals surface area contributed by atoms with Gasteiger partial charge in [-0.15, -0.1) is 0 Å². The highest BCUT2D eigenvalue weighted by molar-refractivity contribution is 9.10. The van der Waals surface area contributed by atoms with Crippen molar-refractivity contribution in [3.8, 4) is 5.75 Å². The zero-order valence-electron chi connectivity index (χ0n) is 10.9. The van der Waals surface area contributed by atoms with Crippen molar-refractivity contribution in [2.45, 2.75) is 20.0 Å². The fourth-order valence-corrected chi connectivity index (χ4v) is 3.06. The molecular weight excluding hydrogens is 386 g/mol. The molecule has 0 saturated heterocycles. The summed E-state index contributed by atoms with van der Waals surface area (Å²) in [6, 6.07) is 3.17. The molecule has 0 unspecified atom stereocenters. The molecule has 0 spiro atoms. The third-order valence-corrected chi connectivity index (χ3v) is 4.78. The summed E-state index contributed by atoms with van der Waals surface area (Å²) < 4.78 is 8.46. The molecule has 0 aliphatic rings. The Morgan fingerprint density at radius 1 is 1.20 bits per heavy atom. The molecule has 0 radical (unpaired) electrons. The topological polar surface area (TPSA) is 27.1 Å². The minimum Gasteiger partial charge on any atom is -0.486 e. The lowest BCUT2D eigenvalue weighted by molar-refractivity contribution is 0.294. The van der Waals surface area contributed by atoms with E-state index in [0.717, 1.165) is 22.3 Å². The van der Waals surface area contributed by atoms with Gasteiger partial charge < -0.3 is 4.74 Å². The van der Waals surface area contributed by atoms with E-state index in [-0.39, 0.29) is 0 Å². The van der Waals surface area contributed by atoms with Crippen molar-refractivity contribution in [2.24, 2.45) is 7.05 Å². The number of aryl methyl sites for hydroxylation is 2. The van der Waals surface area contributed by atoms with Crippen molar-refractivity contribution >= 4 is 50.7 Å². The molecule has 1 aromatic heterocycles. The highest BCUT2D eigenvalue weighted by Crippen LogP contribution is 2.34. The van der Waals surface area contributed by atoms with Crippen molar-refractivity contribution < 1.29 is 4.74 Å². The average molecular weight is 399 g/mol. The quantitative estimate of drug-likeness (QED) is 0.655. The monoisotopic (exact) mass is 396 g/mol. The van der Waals surface area contributed by atoms with Crippen LogP contribution in [0.15, 0.2) is 16.6 Å². The van der Waals surface area contributed by atoms with Gasteiger partial charge in [-0.2, -0.15) is 5.10 Å². The molecule has 0 atom stereocenters. The number of benzene rings is 1. The minimum absolute atomic E-state index is 0.335. The standard InChI is InChI=1S/C13H12BrCl3N2O/c1-3-10-13(14)11(19(2)18-10)6-20-12-5-8(16)7(15)4-9(12)17/h4-5H,3,6H2,1-2H3. The van der Waals surface area contributed by atoms with Crippen LogP contribution in [-0.4, -0.2) is 9.78 Å². The molecule has 0 bridgehead atoms. The van der Waals surface area contributed by atoms with Crippen molar-refractivity contribution in [2.75, 3.05) is 0 Å². The Morgan fingerprint density at radius 3 is 2.45 bits per heavy atom. The van der Waals surface area contributed by atoms with Gasteiger partial charge in [-0.05, 0) is 28.4 Å². The maximum absolute atomic E-state index is 6.08. The molecule has 7 heteroatoms. The number of nitrogens with zero attached hydrogens (tertiary/aromatic N) is 2. The molecule has 0 N–H and O–H groups in total. The van der Waals surface area contributed by atoms with Crippen molar-refractivity contribution in [3.05, 3.63) is 43.1 Å². The maximum atomic E-state index is 6.08. The van der Waals surface area contributed by atoms with Crippen molar-refractivity contribution in [1.82, 2.24) is 9.78 Å². The van der Waals surface area contributed by atoms with Gasteiger partial charge in [-0.1, -0.05) is 41.7 Å². The third kappa shape index (κ3) is 3.25. The van der Waals surface area contributed by atoms with E-state index in [1.165, 1.54) is 0 Å². The fourth-order valence-electron chi connectivity index (χ4n) is 1.74. The van der Waals surface area contributed by atoms with E-state index in [2.05, 4.69) is 21.0 Å². The van der Waals surface area contributed by atoms with Gasteiger partial charge in [-0.3, -0.25) is 4.68 Å². The molecule has 3 nitrogen and oxygen atoms in total. The smallest absolute Gasteiger partial charge is 0.140 e. The van der Waals surface area contributed by atoms with Crippen molar-refractivity contribution in [3.63, 3.8) is 0 Å². The molecule has 0 saturated carbocycles. The molecule has 0 amide bonds. The Hall–Kier alpha value is -0.420. The number of rotatable bonds is 4. The van der Waals surface area contributed by atoms with Gasteiger partial charge in [0.1, 0.15) is 12.4 Å². The van der Waals surface area contributed by atoms with E-state index in [1.807, 2.05) is 14.0 Å². The predicted octanol–water partition coefficient (Wildman–Crippen LogP) is 5.28. The van der Waals surface area contributed by atoms with E-state index in [9.17, 15) is 0 Å². The summed E-state index contributed by atoms with van der Waals surface area (Å²) in [4.78, 5) is 0. The lowest BCUT2D eigenvalue weighted by Gasteiger charge is -2.10. The Labute approximate surface area is 140 Å². The van der Waals surface area contributed by atoms with Crippen LogP contribution in [0.4, 0.5) is 0 Å². The summed E-state index contributed by atoms with van der Waals surface area (Å²) in [6.45, 7) is 2.38. The van der Waals surface area contributed by atoms with Crippen LogP contribution in [0, 0.1) is 0 Å². The third-order valence-electron chi connectivity index (χ3n) is 2.84. The Bertz CT molecular complexity index is 643. The number of hydrogen-bond donors (Lipinski definition) is 0. The van der Waals surface area contributed by atoms with Crippen LogP contribution in [-0.2, 0) is 20.1 Å². The molecule has 0 aliphatic carbocycles. The summed E-state index contributed by atoms with van der Waals surface area (Å²) in [5.74, 6) is 0.493. The van der Waals surface area contributed by atoms with Gasteiger partial charge in [0.25, 0.3) is 0 Å². The van der Waals surface area contributed by atoms with E-state index in [4.69, 9.17) is 39.5 Å². The number of hydrogen-bond acceptors (Lipinski definition) is 2. The molecule has 2 rings (SSSR count). The second-order valence-corrected chi connectivity index (χ2v) is 6.18. The molecule has 2 aromatic rings. The summed E-state index contributed by atoms with van der Waals surface area (Å²) in [5.41, 5.74) is 1.93. The van der Waals surface area contributed by atoms with Crippen LogP contribution in [0.25, 0.3) is 0 Å². The Balaban J connectivity index is 2.21. The second kappa shape index (κ2) is 6.56. The van der Waals surface area contributed by atoms with E-state index < -0.39 is 0 Å². The van der Waals surface area contributed by atoms with Gasteiger partial charge in [0.05, 0.1) is 30.9 Å². The van der Waals surface area contributed by atoms with Crippen LogP contribution in [0.3, 0.4) is 0 Å². The van der Waals surface area contributed by atoms with Crippen LogP contribution in [0.2, 0.25) is 15.1 Å². The Kier molecular flexibility index (Phi) is 5.24. The SMILES string of the molecule is CCc1nn(C)c(COc2cc(Cl)c(Cl)cc2Cl)c1Br. The van der Waals surface area contributed by atoms with Gasteiger partial charge in [0.2, 0.25) is 0 Å². The molecule has 1 heterocycles. The maximum Gasteiger partial charge on any atom is 0.140 e. The van der Waals surface area contributed by atoms with E-state index in [1.54, 1.807) is 16.8 Å². The second-order valence-electron chi connectivity index (χ2n) is 4.17. The largest absolute Gasteiger partial charge is 0.486 e. The predicted molar refractivity (Wildman–Crippen MR) is 86.1 cm³/mol. The fraction of sp³-hybridized carbons (Fsp3) is 0.308. The summed E-state index contributed by atoms with van der Waals surface area (Å²) in [5, 5.41) is 5.64. The van der Waals surface area contributed by atoms with Gasteiger partial charge >= 0.3 is 0 Å². The van der Waals surface area contributed by atoms with E-state index >= 15 is 0 Å². The first-order valence-corrected chi connectivity index (χ1v) is 7.84. The summed E-state index contributed by atoms with van der Waals surface area (Å²) in [6.07, 6.45) is 0.849. The van der Waals surface area contributed by atoms with E-state index in [0.29, 0.717) is 27.4 Å². The number of aromatic nitrogens is 2. The minimum atomic E-state index is 0.335. The average Bonchev–Trinajstić information content (AvgIpc) is 2.67. The molecule has 1 aromatic carbocycles. The first kappa shape index (κ1) is 16.0. The van der Waals surface area contributed by atoms with Gasteiger partial charge in [0.15, 0.2) is 0 Å². The highest BCUT2D eigenvalue weighted by atomic mass is 79.9. The molecule has 20 heavy (non-hydrogen) atoms. The highest BCUT2D eigenvalue weighted by Gasteiger charge is 2.14. The first-order valence-electron chi connectivity index (χ1n) is 5.91. The summed E-state index contributed by atoms with van der Waals surface area (Å²) >= 11 is 21.5. The molecule has 0 aliphatic heterocycles. The lowest BCUT2D eigenvalue weighted by Crippen LogP contribution is -2.04. The van der Waals surface area contributed by atoms with Crippen LogP contribution < -0.4 is 4.74 Å². The molecular formula is C13H12BrCl3N2O. The Morgan fingerprint density at radius 2 is 1.85 bits per heavy atom. The molecule has 108 valence electrons. The van der Waals surface area contributed by atoms with Crippen LogP contribution in [0.1, 0.15) is 18.3 Å². The normalized spacial score (nSPS) is 10.9. The molecule has 0 fully saturated rings. The lowest BCUT2D eigenvalue weighted by atomic mass is 10.3. The first-order chi connectivity index (χ1) is 9.43. The number of ether oxygens (including phenoxy) is 1. The van der Waals surface area contributed by atoms with Crippen molar-refractivity contribution in [1.29, 1.82) is 0 Å². The zero-order chi connectivity index (χ0) is 14.9.